The third kappa shape index (κ3) is 5.44. The molecule has 0 aliphatic heterocycles. The van der Waals surface area contributed by atoms with Gasteiger partial charge in [-0.3, -0.25) is 19.1 Å². The molecule has 0 bridgehead atoms. The van der Waals surface area contributed by atoms with Crippen LogP contribution in [-0.4, -0.2) is 26.2 Å². The SMILES string of the molecule is Cc1c([C@H](C)NC(=O)Cn2cc(C(=O)NCc3ccc(F)cc3)ccc2=O)cnn1C. The fourth-order valence-corrected chi connectivity index (χ4v) is 3.14. The molecule has 31 heavy (non-hydrogen) atoms. The number of halogens is 1. The first-order chi connectivity index (χ1) is 14.7. The zero-order chi connectivity index (χ0) is 22.5. The molecular weight excluding hydrogens is 401 g/mol. The number of carbonyl (C=O) groups excluding carboxylic acids is 2. The topological polar surface area (TPSA) is 98.0 Å². The number of nitrogens with zero attached hydrogens (tertiary/aromatic N) is 3. The van der Waals surface area contributed by atoms with Crippen molar-refractivity contribution in [3.63, 3.8) is 0 Å². The second-order valence-electron chi connectivity index (χ2n) is 7.29. The lowest BCUT2D eigenvalue weighted by Gasteiger charge is -2.15. The summed E-state index contributed by atoms with van der Waals surface area (Å²) in [6.07, 6.45) is 3.04. The first kappa shape index (κ1) is 21.9. The lowest BCUT2D eigenvalue weighted by atomic mass is 10.1. The van der Waals surface area contributed by atoms with Crippen LogP contribution in [0, 0.1) is 12.7 Å². The molecule has 0 saturated heterocycles. The van der Waals surface area contributed by atoms with Crippen molar-refractivity contribution >= 4 is 11.8 Å². The van der Waals surface area contributed by atoms with E-state index in [1.807, 2.05) is 20.9 Å². The predicted octanol–water partition coefficient (Wildman–Crippen LogP) is 1.84. The van der Waals surface area contributed by atoms with Crippen LogP contribution >= 0.6 is 0 Å². The van der Waals surface area contributed by atoms with E-state index in [9.17, 15) is 18.8 Å². The lowest BCUT2D eigenvalue weighted by molar-refractivity contribution is -0.122. The molecule has 2 aromatic heterocycles. The van der Waals surface area contributed by atoms with Gasteiger partial charge in [0.1, 0.15) is 12.4 Å². The number of rotatable bonds is 7. The molecule has 0 radical (unpaired) electrons. The van der Waals surface area contributed by atoms with Gasteiger partial charge < -0.3 is 15.2 Å². The summed E-state index contributed by atoms with van der Waals surface area (Å²) in [4.78, 5) is 37.0. The zero-order valence-corrected chi connectivity index (χ0v) is 17.6. The van der Waals surface area contributed by atoms with Crippen molar-refractivity contribution in [1.82, 2.24) is 25.0 Å². The number of nitrogens with one attached hydrogen (secondary N) is 2. The minimum atomic E-state index is -0.405. The molecule has 2 heterocycles. The van der Waals surface area contributed by atoms with Crippen molar-refractivity contribution < 1.29 is 14.0 Å². The van der Waals surface area contributed by atoms with Crippen LogP contribution in [0.3, 0.4) is 0 Å². The molecule has 0 saturated carbocycles. The highest BCUT2D eigenvalue weighted by atomic mass is 19.1. The van der Waals surface area contributed by atoms with Crippen LogP contribution in [0.25, 0.3) is 0 Å². The summed E-state index contributed by atoms with van der Waals surface area (Å²) in [6.45, 7) is 3.73. The van der Waals surface area contributed by atoms with E-state index in [-0.39, 0.29) is 36.4 Å². The van der Waals surface area contributed by atoms with Gasteiger partial charge in [-0.25, -0.2) is 4.39 Å². The number of pyridine rings is 1. The van der Waals surface area contributed by atoms with Crippen molar-refractivity contribution in [2.45, 2.75) is 33.0 Å². The van der Waals surface area contributed by atoms with Gasteiger partial charge in [0.05, 0.1) is 17.8 Å². The van der Waals surface area contributed by atoms with Crippen LogP contribution in [0.15, 0.2) is 53.6 Å². The molecule has 0 aliphatic carbocycles. The highest BCUT2D eigenvalue weighted by molar-refractivity contribution is 5.93. The summed E-state index contributed by atoms with van der Waals surface area (Å²) in [5, 5.41) is 9.72. The Morgan fingerprint density at radius 1 is 1.16 bits per heavy atom. The van der Waals surface area contributed by atoms with Gasteiger partial charge in [0, 0.05) is 37.1 Å². The Labute approximate surface area is 178 Å². The quantitative estimate of drug-likeness (QED) is 0.604. The molecule has 3 aromatic rings. The van der Waals surface area contributed by atoms with E-state index in [0.717, 1.165) is 16.8 Å². The fourth-order valence-electron chi connectivity index (χ4n) is 3.14. The van der Waals surface area contributed by atoms with Crippen molar-refractivity contribution in [3.05, 3.63) is 87.3 Å². The van der Waals surface area contributed by atoms with Gasteiger partial charge in [-0.2, -0.15) is 5.10 Å². The Bertz CT molecular complexity index is 1150. The molecule has 2 N–H and O–H groups in total. The van der Waals surface area contributed by atoms with E-state index in [4.69, 9.17) is 0 Å². The van der Waals surface area contributed by atoms with Gasteiger partial charge in [-0.1, -0.05) is 12.1 Å². The highest BCUT2D eigenvalue weighted by Crippen LogP contribution is 2.15. The third-order valence-electron chi connectivity index (χ3n) is 5.04. The minimum absolute atomic E-state index is 0.209. The van der Waals surface area contributed by atoms with Crippen LogP contribution in [-0.2, 0) is 24.9 Å². The monoisotopic (exact) mass is 425 g/mol. The average molecular weight is 425 g/mol. The Kier molecular flexibility index (Phi) is 6.64. The van der Waals surface area contributed by atoms with E-state index < -0.39 is 11.5 Å². The first-order valence-electron chi connectivity index (χ1n) is 9.75. The molecule has 0 unspecified atom stereocenters. The van der Waals surface area contributed by atoms with Crippen LogP contribution in [0.2, 0.25) is 0 Å². The van der Waals surface area contributed by atoms with Crippen LogP contribution in [0.1, 0.15) is 40.1 Å². The van der Waals surface area contributed by atoms with E-state index in [2.05, 4.69) is 15.7 Å². The van der Waals surface area contributed by atoms with Crippen molar-refractivity contribution in [2.75, 3.05) is 0 Å². The largest absolute Gasteiger partial charge is 0.348 e. The Hall–Kier alpha value is -3.75. The molecule has 2 amide bonds. The van der Waals surface area contributed by atoms with Crippen molar-refractivity contribution in [2.24, 2.45) is 7.05 Å². The standard InChI is InChI=1S/C22H24FN5O3/c1-14(19-11-25-27(3)15(19)2)26-20(29)13-28-12-17(6-9-21(28)30)22(31)24-10-16-4-7-18(23)8-5-16/h4-9,11-12,14H,10,13H2,1-3H3,(H,24,31)(H,26,29)/t14-/m0/s1. The molecule has 162 valence electrons. The summed E-state index contributed by atoms with van der Waals surface area (Å²) in [6, 6.07) is 8.15. The van der Waals surface area contributed by atoms with Gasteiger partial charge in [-0.05, 0) is 37.6 Å². The number of amides is 2. The molecule has 1 atom stereocenters. The number of carbonyl (C=O) groups is 2. The molecule has 8 nitrogen and oxygen atoms in total. The smallest absolute Gasteiger partial charge is 0.253 e. The number of hydrogen-bond acceptors (Lipinski definition) is 4. The van der Waals surface area contributed by atoms with E-state index in [1.54, 1.807) is 23.0 Å². The van der Waals surface area contributed by atoms with Crippen molar-refractivity contribution in [3.8, 4) is 0 Å². The second kappa shape index (κ2) is 9.38. The Morgan fingerprint density at radius 2 is 1.87 bits per heavy atom. The Morgan fingerprint density at radius 3 is 2.52 bits per heavy atom. The molecule has 0 aliphatic rings. The number of aryl methyl sites for hydroxylation is 1. The van der Waals surface area contributed by atoms with E-state index in [1.165, 1.54) is 35.0 Å². The summed E-state index contributed by atoms with van der Waals surface area (Å²) in [5.74, 6) is -1.12. The number of aromatic nitrogens is 3. The number of hydrogen-bond donors (Lipinski definition) is 2. The van der Waals surface area contributed by atoms with E-state index >= 15 is 0 Å². The zero-order valence-electron chi connectivity index (χ0n) is 17.6. The molecule has 0 spiro atoms. The predicted molar refractivity (Wildman–Crippen MR) is 113 cm³/mol. The maximum atomic E-state index is 13.0. The minimum Gasteiger partial charge on any atom is -0.348 e. The summed E-state index contributed by atoms with van der Waals surface area (Å²) in [5.41, 5.74) is 2.41. The second-order valence-corrected chi connectivity index (χ2v) is 7.29. The van der Waals surface area contributed by atoms with Gasteiger partial charge in [0.2, 0.25) is 5.91 Å². The number of benzene rings is 1. The molecule has 9 heteroatoms. The van der Waals surface area contributed by atoms with Gasteiger partial charge >= 0.3 is 0 Å². The average Bonchev–Trinajstić information content (AvgIpc) is 3.07. The fraction of sp³-hybridized carbons (Fsp3) is 0.273. The first-order valence-corrected chi connectivity index (χ1v) is 9.75. The van der Waals surface area contributed by atoms with Crippen LogP contribution in [0.4, 0.5) is 4.39 Å². The summed E-state index contributed by atoms with van der Waals surface area (Å²) in [7, 11) is 1.82. The maximum Gasteiger partial charge on any atom is 0.253 e. The highest BCUT2D eigenvalue weighted by Gasteiger charge is 2.16. The summed E-state index contributed by atoms with van der Waals surface area (Å²) >= 11 is 0. The van der Waals surface area contributed by atoms with Gasteiger partial charge in [0.15, 0.2) is 0 Å². The normalized spacial score (nSPS) is 11.7. The molecule has 3 rings (SSSR count). The molecular formula is C22H24FN5O3. The van der Waals surface area contributed by atoms with Gasteiger partial charge in [-0.15, -0.1) is 0 Å². The lowest BCUT2D eigenvalue weighted by Crippen LogP contribution is -2.34. The molecule has 0 fully saturated rings. The summed E-state index contributed by atoms with van der Waals surface area (Å²) < 4.78 is 15.9. The van der Waals surface area contributed by atoms with E-state index in [0.29, 0.717) is 0 Å². The molecule has 1 aromatic carbocycles. The van der Waals surface area contributed by atoms with Crippen LogP contribution < -0.4 is 16.2 Å². The third-order valence-corrected chi connectivity index (χ3v) is 5.04. The Balaban J connectivity index is 1.63. The van der Waals surface area contributed by atoms with Crippen LogP contribution in [0.5, 0.6) is 0 Å². The maximum absolute atomic E-state index is 13.0. The van der Waals surface area contributed by atoms with Crippen molar-refractivity contribution in [1.29, 1.82) is 0 Å². The van der Waals surface area contributed by atoms with Gasteiger partial charge in [0.25, 0.3) is 11.5 Å².